The number of carbonyl (C=O) groups is 1. The van der Waals surface area contributed by atoms with Crippen LogP contribution in [0.25, 0.3) is 5.82 Å². The molecule has 0 spiro atoms. The standard InChI is InChI=1S/C25H29BrClN7O6S/c1-37-13-25(41-18-7-15(26)9-28-21(18)24(36)34(38-2)10-14-3-4-14)8-16(22-23(40-25)17(35)12-39-22)33-11-20(29-31-33)32-6-5-19(27)30-32/h5-7,9,11,14,16-17,22-23,35H,3-4,8,10,12-13H2,1-2H3/t16?,17?,22-,23?,25?/m1/s1. The first-order chi connectivity index (χ1) is 19.8. The van der Waals surface area contributed by atoms with Crippen LogP contribution >= 0.6 is 39.3 Å². The predicted molar refractivity (Wildman–Crippen MR) is 150 cm³/mol. The van der Waals surface area contributed by atoms with Crippen molar-refractivity contribution < 1.29 is 28.9 Å². The Hall–Kier alpha value is -2.11. The summed E-state index contributed by atoms with van der Waals surface area (Å²) in [6.45, 7) is 0.765. The molecule has 0 bridgehead atoms. The number of hydrogen-bond acceptors (Lipinski definition) is 11. The minimum Gasteiger partial charge on any atom is -0.388 e. The third-order valence-corrected chi connectivity index (χ3v) is 9.21. The highest BCUT2D eigenvalue weighted by Crippen LogP contribution is 2.50. The highest BCUT2D eigenvalue weighted by molar-refractivity contribution is 9.10. The number of aromatic nitrogens is 6. The van der Waals surface area contributed by atoms with Crippen LogP contribution in [0.2, 0.25) is 5.15 Å². The lowest BCUT2D eigenvalue weighted by molar-refractivity contribution is -0.166. The van der Waals surface area contributed by atoms with Crippen LogP contribution in [0.15, 0.2) is 40.1 Å². The fourth-order valence-corrected chi connectivity index (χ4v) is 7.23. The number of nitrogens with zero attached hydrogens (tertiary/aromatic N) is 7. The van der Waals surface area contributed by atoms with Crippen molar-refractivity contribution >= 4 is 45.2 Å². The molecule has 3 aromatic heterocycles. The molecule has 1 saturated carbocycles. The molecule has 41 heavy (non-hydrogen) atoms. The maximum Gasteiger partial charge on any atom is 0.297 e. The van der Waals surface area contributed by atoms with Crippen LogP contribution in [-0.4, -0.2) is 103 Å². The van der Waals surface area contributed by atoms with Gasteiger partial charge in [0.1, 0.15) is 28.9 Å². The number of pyridine rings is 1. The maximum absolute atomic E-state index is 13.6. The van der Waals surface area contributed by atoms with Crippen molar-refractivity contribution in [1.82, 2.24) is 34.8 Å². The molecule has 3 aliphatic rings. The number of fused-ring (bicyclic) bond motifs is 1. The summed E-state index contributed by atoms with van der Waals surface area (Å²) >= 11 is 10.8. The highest BCUT2D eigenvalue weighted by atomic mass is 79.9. The van der Waals surface area contributed by atoms with Crippen LogP contribution in [0.4, 0.5) is 0 Å². The molecular weight excluding hydrogens is 642 g/mol. The summed E-state index contributed by atoms with van der Waals surface area (Å²) in [5.41, 5.74) is 0.236. The number of hydroxylamine groups is 2. The monoisotopic (exact) mass is 669 g/mol. The number of hydrogen-bond donors (Lipinski definition) is 1. The van der Waals surface area contributed by atoms with Crippen LogP contribution in [0.5, 0.6) is 0 Å². The lowest BCUT2D eigenvalue weighted by Crippen LogP contribution is -2.54. The van der Waals surface area contributed by atoms with E-state index in [-0.39, 0.29) is 30.9 Å². The van der Waals surface area contributed by atoms with E-state index in [4.69, 9.17) is 30.6 Å². The van der Waals surface area contributed by atoms with E-state index < -0.39 is 23.2 Å². The molecule has 5 atom stereocenters. The second-order valence-electron chi connectivity index (χ2n) is 10.3. The number of halogens is 2. The summed E-state index contributed by atoms with van der Waals surface area (Å²) in [6.07, 6.45) is 5.49. The molecule has 16 heteroatoms. The van der Waals surface area contributed by atoms with Crippen LogP contribution < -0.4 is 0 Å². The van der Waals surface area contributed by atoms with Gasteiger partial charge < -0.3 is 19.3 Å². The minimum absolute atomic E-state index is 0.113. The van der Waals surface area contributed by atoms with Gasteiger partial charge in [0, 0.05) is 35.3 Å². The first-order valence-electron chi connectivity index (χ1n) is 13.1. The van der Waals surface area contributed by atoms with Gasteiger partial charge in [0.05, 0.1) is 39.1 Å². The second-order valence-corrected chi connectivity index (χ2v) is 13.0. The largest absolute Gasteiger partial charge is 0.388 e. The zero-order valence-electron chi connectivity index (χ0n) is 22.3. The maximum atomic E-state index is 13.6. The van der Waals surface area contributed by atoms with Crippen molar-refractivity contribution in [3.05, 3.63) is 46.0 Å². The number of ether oxygens (including phenoxy) is 3. The Balaban J connectivity index is 1.34. The molecule has 0 aromatic carbocycles. The minimum atomic E-state index is -1.04. The molecule has 6 rings (SSSR count). The van der Waals surface area contributed by atoms with Crippen molar-refractivity contribution in [2.75, 3.05) is 34.0 Å². The number of amides is 1. The van der Waals surface area contributed by atoms with Gasteiger partial charge in [-0.05, 0) is 46.8 Å². The fourth-order valence-electron chi connectivity index (χ4n) is 5.19. The summed E-state index contributed by atoms with van der Waals surface area (Å²) in [7, 11) is 3.06. The molecule has 3 fully saturated rings. The highest BCUT2D eigenvalue weighted by Gasteiger charge is 2.55. The summed E-state index contributed by atoms with van der Waals surface area (Å²) in [5.74, 6) is 0.567. The Bertz CT molecular complexity index is 1410. The van der Waals surface area contributed by atoms with E-state index in [1.54, 1.807) is 36.4 Å². The third-order valence-electron chi connectivity index (χ3n) is 7.29. The molecule has 2 aliphatic heterocycles. The lowest BCUT2D eigenvalue weighted by Gasteiger charge is -2.45. The van der Waals surface area contributed by atoms with Crippen LogP contribution in [0, 0.1) is 5.92 Å². The first kappa shape index (κ1) is 29.0. The molecular formula is C25H29BrClN7O6S. The van der Waals surface area contributed by atoms with Crippen molar-refractivity contribution in [2.45, 2.75) is 53.4 Å². The molecule has 0 radical (unpaired) electrons. The zero-order valence-corrected chi connectivity index (χ0v) is 25.5. The number of aliphatic hydroxyl groups excluding tert-OH is 1. The average molecular weight is 671 g/mol. The van der Waals surface area contributed by atoms with E-state index in [2.05, 4.69) is 36.3 Å². The molecule has 3 aromatic rings. The van der Waals surface area contributed by atoms with Gasteiger partial charge in [-0.2, -0.15) is 5.10 Å². The summed E-state index contributed by atoms with van der Waals surface area (Å²) in [6, 6.07) is 3.10. The van der Waals surface area contributed by atoms with Gasteiger partial charge in [0.2, 0.25) is 0 Å². The van der Waals surface area contributed by atoms with Gasteiger partial charge >= 0.3 is 0 Å². The molecule has 5 heterocycles. The fraction of sp³-hybridized carbons (Fsp3) is 0.560. The SMILES string of the molecule is COCC1(Sc2cc(Br)cnc2C(=O)N(CC2CC2)OC)CC(n2cc(-n3ccc(Cl)n3)nn2)[C@H]2OCC(O)C2O1. The van der Waals surface area contributed by atoms with Gasteiger partial charge in [0.25, 0.3) is 5.91 Å². The Morgan fingerprint density at radius 3 is 2.90 bits per heavy atom. The van der Waals surface area contributed by atoms with Crippen molar-refractivity contribution in [3.63, 3.8) is 0 Å². The first-order valence-corrected chi connectivity index (χ1v) is 15.1. The van der Waals surface area contributed by atoms with Gasteiger partial charge in [-0.1, -0.05) is 28.6 Å². The zero-order chi connectivity index (χ0) is 28.7. The molecule has 1 N–H and O–H groups in total. The summed E-state index contributed by atoms with van der Waals surface area (Å²) < 4.78 is 22.2. The van der Waals surface area contributed by atoms with Gasteiger partial charge in [-0.3, -0.25) is 9.63 Å². The summed E-state index contributed by atoms with van der Waals surface area (Å²) in [4.78, 5) is 23.0. The molecule has 1 aliphatic carbocycles. The Morgan fingerprint density at radius 2 is 2.20 bits per heavy atom. The molecule has 13 nitrogen and oxygen atoms in total. The topological polar surface area (TPSA) is 139 Å². The van der Waals surface area contributed by atoms with Gasteiger partial charge in [-0.25, -0.2) is 19.4 Å². The van der Waals surface area contributed by atoms with Crippen LogP contribution in [0.1, 0.15) is 35.8 Å². The van der Waals surface area contributed by atoms with Crippen molar-refractivity contribution in [3.8, 4) is 5.82 Å². The molecule has 4 unspecified atom stereocenters. The Morgan fingerprint density at radius 1 is 1.37 bits per heavy atom. The van der Waals surface area contributed by atoms with Crippen LogP contribution in [0.3, 0.4) is 0 Å². The number of methoxy groups -OCH3 is 1. The van der Waals surface area contributed by atoms with Crippen LogP contribution in [-0.2, 0) is 19.0 Å². The van der Waals surface area contributed by atoms with Gasteiger partial charge in [-0.15, -0.1) is 5.10 Å². The molecule has 220 valence electrons. The number of carbonyl (C=O) groups excluding carboxylic acids is 1. The second kappa shape index (κ2) is 11.9. The normalized spacial score (nSPS) is 27.6. The Kier molecular flexibility index (Phi) is 8.40. The Labute approximate surface area is 253 Å². The van der Waals surface area contributed by atoms with Crippen molar-refractivity contribution in [2.24, 2.45) is 5.92 Å². The van der Waals surface area contributed by atoms with E-state index >= 15 is 0 Å². The summed E-state index contributed by atoms with van der Waals surface area (Å²) in [5, 5.41) is 25.4. The van der Waals surface area contributed by atoms with E-state index in [9.17, 15) is 9.90 Å². The quantitative estimate of drug-likeness (QED) is 0.319. The predicted octanol–water partition coefficient (Wildman–Crippen LogP) is 2.91. The average Bonchev–Trinajstić information content (AvgIpc) is 3.28. The smallest absolute Gasteiger partial charge is 0.297 e. The number of thioether (sulfide) groups is 1. The molecule has 2 saturated heterocycles. The van der Waals surface area contributed by atoms with E-state index in [0.717, 1.165) is 12.8 Å². The number of rotatable bonds is 10. The number of aliphatic hydroxyl groups is 1. The van der Waals surface area contributed by atoms with E-state index in [1.807, 2.05) is 6.07 Å². The van der Waals surface area contributed by atoms with Crippen molar-refractivity contribution in [1.29, 1.82) is 0 Å². The molecule has 1 amide bonds. The lowest BCUT2D eigenvalue weighted by atomic mass is 9.94. The van der Waals surface area contributed by atoms with E-state index in [1.165, 1.54) is 28.6 Å². The third kappa shape index (κ3) is 6.04. The van der Waals surface area contributed by atoms with Gasteiger partial charge in [0.15, 0.2) is 11.0 Å². The van der Waals surface area contributed by atoms with E-state index in [0.29, 0.717) is 39.2 Å².